The first kappa shape index (κ1) is 19.3. The average molecular weight is 408 g/mol. The molecular formula is C20H22F2N2O3S. The summed E-state index contributed by atoms with van der Waals surface area (Å²) in [5.74, 6) is -0.830. The SMILES string of the molecule is CS(=O)(=O)N(CC(O)Cn1c2ccc(F)cc2c2ccc(F)cc21)C1CCC1. The maximum atomic E-state index is 13.8. The normalized spacial score (nSPS) is 16.8. The Balaban J connectivity index is 1.71. The summed E-state index contributed by atoms with van der Waals surface area (Å²) in [5, 5.41) is 12.0. The van der Waals surface area contributed by atoms with Gasteiger partial charge in [-0.25, -0.2) is 17.2 Å². The summed E-state index contributed by atoms with van der Waals surface area (Å²) in [7, 11) is -3.44. The molecular weight excluding hydrogens is 386 g/mol. The van der Waals surface area contributed by atoms with Crippen molar-refractivity contribution >= 4 is 31.8 Å². The molecule has 1 atom stereocenters. The van der Waals surface area contributed by atoms with E-state index in [9.17, 15) is 22.3 Å². The highest BCUT2D eigenvalue weighted by Crippen LogP contribution is 2.31. The average Bonchev–Trinajstić information content (AvgIpc) is 2.84. The Morgan fingerprint density at radius 1 is 1.11 bits per heavy atom. The zero-order valence-electron chi connectivity index (χ0n) is 15.5. The van der Waals surface area contributed by atoms with Crippen LogP contribution in [0.2, 0.25) is 0 Å². The second-order valence-electron chi connectivity index (χ2n) is 7.50. The second kappa shape index (κ2) is 7.09. The predicted molar refractivity (Wildman–Crippen MR) is 105 cm³/mol. The van der Waals surface area contributed by atoms with Crippen molar-refractivity contribution in [3.63, 3.8) is 0 Å². The minimum Gasteiger partial charge on any atom is -0.390 e. The number of sulfonamides is 1. The first-order chi connectivity index (χ1) is 13.2. The molecule has 0 radical (unpaired) electrons. The molecule has 0 bridgehead atoms. The van der Waals surface area contributed by atoms with E-state index >= 15 is 0 Å². The van der Waals surface area contributed by atoms with Crippen LogP contribution in [-0.4, -0.2) is 47.3 Å². The number of rotatable bonds is 6. The van der Waals surface area contributed by atoms with Gasteiger partial charge in [-0.15, -0.1) is 0 Å². The van der Waals surface area contributed by atoms with Gasteiger partial charge in [0.15, 0.2) is 0 Å². The van der Waals surface area contributed by atoms with Crippen LogP contribution in [0.5, 0.6) is 0 Å². The van der Waals surface area contributed by atoms with Gasteiger partial charge in [-0.1, -0.05) is 6.42 Å². The number of halogens is 2. The van der Waals surface area contributed by atoms with Crippen molar-refractivity contribution < 1.29 is 22.3 Å². The number of hydrogen-bond donors (Lipinski definition) is 1. The highest BCUT2D eigenvalue weighted by atomic mass is 32.2. The zero-order chi connectivity index (χ0) is 20.1. The third-order valence-corrected chi connectivity index (χ3v) is 6.78. The molecule has 1 unspecified atom stereocenters. The van der Waals surface area contributed by atoms with Crippen LogP contribution in [-0.2, 0) is 16.6 Å². The Morgan fingerprint density at radius 3 is 2.43 bits per heavy atom. The Hall–Kier alpha value is -2.03. The molecule has 5 nitrogen and oxygen atoms in total. The molecule has 150 valence electrons. The summed E-state index contributed by atoms with van der Waals surface area (Å²) in [5.41, 5.74) is 1.20. The molecule has 0 spiro atoms. The number of aliphatic hydroxyl groups excluding tert-OH is 1. The van der Waals surface area contributed by atoms with Crippen molar-refractivity contribution in [2.75, 3.05) is 12.8 Å². The number of benzene rings is 2. The number of hydrogen-bond acceptors (Lipinski definition) is 3. The van der Waals surface area contributed by atoms with Gasteiger partial charge >= 0.3 is 0 Å². The number of aromatic nitrogens is 1. The Kier molecular flexibility index (Phi) is 4.89. The molecule has 4 rings (SSSR count). The second-order valence-corrected chi connectivity index (χ2v) is 9.44. The lowest BCUT2D eigenvalue weighted by Crippen LogP contribution is -2.47. The van der Waals surface area contributed by atoms with Crippen LogP contribution in [0.4, 0.5) is 8.78 Å². The van der Waals surface area contributed by atoms with Gasteiger partial charge in [0.2, 0.25) is 10.0 Å². The predicted octanol–water partition coefficient (Wildman–Crippen LogP) is 3.25. The Labute approximate surface area is 162 Å². The molecule has 1 heterocycles. The van der Waals surface area contributed by atoms with Gasteiger partial charge in [-0.05, 0) is 49.2 Å². The number of aliphatic hydroxyl groups is 1. The maximum absolute atomic E-state index is 13.8. The number of fused-ring (bicyclic) bond motifs is 3. The summed E-state index contributed by atoms with van der Waals surface area (Å²) >= 11 is 0. The smallest absolute Gasteiger partial charge is 0.211 e. The molecule has 1 saturated carbocycles. The largest absolute Gasteiger partial charge is 0.390 e. The third kappa shape index (κ3) is 3.52. The van der Waals surface area contributed by atoms with Gasteiger partial charge in [0.25, 0.3) is 0 Å². The Bertz CT molecular complexity index is 1140. The van der Waals surface area contributed by atoms with Crippen LogP contribution in [0.3, 0.4) is 0 Å². The van der Waals surface area contributed by atoms with Gasteiger partial charge in [-0.3, -0.25) is 0 Å². The molecule has 1 aliphatic carbocycles. The first-order valence-electron chi connectivity index (χ1n) is 9.26. The minimum absolute atomic E-state index is 0.0266. The molecule has 1 aliphatic rings. The van der Waals surface area contributed by atoms with E-state index in [1.807, 2.05) is 0 Å². The van der Waals surface area contributed by atoms with Gasteiger partial charge in [0.05, 0.1) is 24.4 Å². The van der Waals surface area contributed by atoms with Gasteiger partial charge in [0.1, 0.15) is 11.6 Å². The summed E-state index contributed by atoms with van der Waals surface area (Å²) in [6.07, 6.45) is 2.72. The van der Waals surface area contributed by atoms with Crippen LogP contribution >= 0.6 is 0 Å². The fourth-order valence-electron chi connectivity index (χ4n) is 3.95. The molecule has 0 saturated heterocycles. The molecule has 1 aromatic heterocycles. The highest BCUT2D eigenvalue weighted by Gasteiger charge is 2.32. The van der Waals surface area contributed by atoms with E-state index < -0.39 is 27.8 Å². The zero-order valence-corrected chi connectivity index (χ0v) is 16.3. The van der Waals surface area contributed by atoms with Crippen LogP contribution in [0, 0.1) is 11.6 Å². The van der Waals surface area contributed by atoms with E-state index in [4.69, 9.17) is 0 Å². The van der Waals surface area contributed by atoms with E-state index in [-0.39, 0.29) is 19.1 Å². The van der Waals surface area contributed by atoms with Crippen LogP contribution in [0.25, 0.3) is 21.8 Å². The quantitative estimate of drug-likeness (QED) is 0.681. The standard InChI is InChI=1S/C20H22F2N2O3S/c1-28(26,27)24(15-3-2-4-15)12-16(25)11-23-19-8-6-13(21)9-18(19)17-7-5-14(22)10-20(17)23/h5-10,15-16,25H,2-4,11-12H2,1H3. The molecule has 0 aliphatic heterocycles. The van der Waals surface area contributed by atoms with Crippen molar-refractivity contribution in [3.05, 3.63) is 48.0 Å². The van der Waals surface area contributed by atoms with Crippen molar-refractivity contribution in [2.24, 2.45) is 0 Å². The Morgan fingerprint density at radius 2 is 1.79 bits per heavy atom. The molecule has 1 fully saturated rings. The summed E-state index contributed by atoms with van der Waals surface area (Å²) in [6.45, 7) is 0.0506. The first-order valence-corrected chi connectivity index (χ1v) is 11.1. The van der Waals surface area contributed by atoms with Crippen molar-refractivity contribution in [2.45, 2.75) is 38.0 Å². The summed E-state index contributed by atoms with van der Waals surface area (Å²) in [6, 6.07) is 8.47. The minimum atomic E-state index is -3.44. The summed E-state index contributed by atoms with van der Waals surface area (Å²) < 4.78 is 54.9. The lowest BCUT2D eigenvalue weighted by Gasteiger charge is -2.36. The van der Waals surface area contributed by atoms with Crippen LogP contribution in [0.15, 0.2) is 36.4 Å². The lowest BCUT2D eigenvalue weighted by molar-refractivity contribution is 0.101. The van der Waals surface area contributed by atoms with Gasteiger partial charge in [0, 0.05) is 28.9 Å². The molecule has 3 aromatic rings. The molecule has 8 heteroatoms. The molecule has 0 amide bonds. The summed E-state index contributed by atoms with van der Waals surface area (Å²) in [4.78, 5) is 0. The van der Waals surface area contributed by atoms with Gasteiger partial charge < -0.3 is 9.67 Å². The van der Waals surface area contributed by atoms with Crippen molar-refractivity contribution in [3.8, 4) is 0 Å². The number of nitrogens with zero attached hydrogens (tertiary/aromatic N) is 2. The van der Waals surface area contributed by atoms with E-state index in [1.165, 1.54) is 28.6 Å². The van der Waals surface area contributed by atoms with Crippen LogP contribution < -0.4 is 0 Å². The van der Waals surface area contributed by atoms with E-state index in [0.29, 0.717) is 21.8 Å². The topological polar surface area (TPSA) is 62.5 Å². The maximum Gasteiger partial charge on any atom is 0.211 e. The van der Waals surface area contributed by atoms with E-state index in [2.05, 4.69) is 0 Å². The van der Waals surface area contributed by atoms with Crippen LogP contribution in [0.1, 0.15) is 19.3 Å². The third-order valence-electron chi connectivity index (χ3n) is 5.48. The molecule has 1 N–H and O–H groups in total. The fraction of sp³-hybridized carbons (Fsp3) is 0.400. The van der Waals surface area contributed by atoms with E-state index in [1.54, 1.807) is 16.7 Å². The van der Waals surface area contributed by atoms with Crippen molar-refractivity contribution in [1.29, 1.82) is 0 Å². The monoisotopic (exact) mass is 408 g/mol. The highest BCUT2D eigenvalue weighted by molar-refractivity contribution is 7.88. The van der Waals surface area contributed by atoms with Crippen molar-refractivity contribution in [1.82, 2.24) is 8.87 Å². The fourth-order valence-corrected chi connectivity index (χ4v) is 5.14. The molecule has 2 aromatic carbocycles. The van der Waals surface area contributed by atoms with E-state index in [0.717, 1.165) is 25.5 Å². The molecule has 28 heavy (non-hydrogen) atoms. The lowest BCUT2D eigenvalue weighted by atomic mass is 9.93. The van der Waals surface area contributed by atoms with Gasteiger partial charge in [-0.2, -0.15) is 4.31 Å².